The summed E-state index contributed by atoms with van der Waals surface area (Å²) in [5.41, 5.74) is 12.0. The Morgan fingerprint density at radius 1 is 0.353 bits per heavy atom. The molecule has 0 aliphatic carbocycles. The van der Waals surface area contributed by atoms with Gasteiger partial charge < -0.3 is 69.9 Å². The molecule has 0 saturated heterocycles. The van der Waals surface area contributed by atoms with Crippen molar-refractivity contribution in [1.29, 1.82) is 0 Å². The van der Waals surface area contributed by atoms with E-state index >= 15 is 0 Å². The summed E-state index contributed by atoms with van der Waals surface area (Å²) in [6.45, 7) is 45.2. The average molecular weight is 1960 g/mol. The van der Waals surface area contributed by atoms with Gasteiger partial charge in [0.05, 0.1) is 23.0 Å². The number of fused-ring (bicyclic) bond motifs is 18. The average Bonchev–Trinajstić information content (AvgIpc) is 1.61. The minimum atomic E-state index is -4.49. The highest BCUT2D eigenvalue weighted by Gasteiger charge is 2.46. The summed E-state index contributed by atoms with van der Waals surface area (Å²) in [5.74, 6) is 5.65. The maximum atomic E-state index is 13.6. The van der Waals surface area contributed by atoms with Crippen molar-refractivity contribution >= 4 is 187 Å². The highest BCUT2D eigenvalue weighted by molar-refractivity contribution is 7.80. The van der Waals surface area contributed by atoms with Crippen LogP contribution in [0.1, 0.15) is 212 Å². The zero-order valence-electron chi connectivity index (χ0n) is 79.3. The molecule has 0 spiro atoms. The molecular weight excluding hydrogens is 1830 g/mol. The van der Waals surface area contributed by atoms with Crippen LogP contribution in [0.3, 0.4) is 0 Å². The smallest absolute Gasteiger partial charge is 0.417 e. The molecule has 0 aromatic heterocycles. The third-order valence-electron chi connectivity index (χ3n) is 26.6. The van der Waals surface area contributed by atoms with Crippen LogP contribution in [0.2, 0.25) is 0 Å². The molecule has 133 heavy (non-hydrogen) atoms. The number of hydrogen-bond acceptors (Lipinski definition) is 17. The largest absolute Gasteiger partial charge is 0.507 e. The van der Waals surface area contributed by atoms with Gasteiger partial charge in [-0.2, -0.15) is 13.2 Å². The Labute approximate surface area is 814 Å². The molecule has 712 valence electrons. The topological polar surface area (TPSA) is 213 Å². The predicted octanol–water partition coefficient (Wildman–Crippen LogP) is 28.4. The number of nitrogens with zero attached hydrogens (tertiary/aromatic N) is 7. The van der Waals surface area contributed by atoms with Crippen molar-refractivity contribution in [2.24, 2.45) is 0 Å². The van der Waals surface area contributed by atoms with Crippen LogP contribution in [-0.2, 0) is 12.6 Å². The van der Waals surface area contributed by atoms with Crippen LogP contribution in [0.5, 0.6) is 46.0 Å². The zero-order valence-corrected chi connectivity index (χ0v) is 84.8. The van der Waals surface area contributed by atoms with Gasteiger partial charge in [0, 0.05) is 279 Å². The minimum absolute atomic E-state index is 0.00454. The number of rotatable bonds is 9. The molecule has 12 aromatic rings. The summed E-state index contributed by atoms with van der Waals surface area (Å²) >= 11 is 41.8. The fourth-order valence-electron chi connectivity index (χ4n) is 20.5. The Bertz CT molecular complexity index is 6190. The lowest BCUT2D eigenvalue weighted by Crippen LogP contribution is -2.40. The predicted molar refractivity (Wildman–Crippen MR) is 554 cm³/mol. The number of benzene rings is 12. The van der Waals surface area contributed by atoms with E-state index in [9.17, 15) is 59.0 Å². The maximum Gasteiger partial charge on any atom is 0.417 e. The summed E-state index contributed by atoms with van der Waals surface area (Å²) in [6.07, 6.45) is -3.54. The summed E-state index contributed by atoms with van der Waals surface area (Å²) in [6, 6.07) is 42.5. The number of halogens is 9. The molecule has 17 nitrogen and oxygen atoms in total. The number of aromatic hydroxyl groups is 7. The number of phenolic OH excluding ortho intramolecular Hbond substituents is 7. The Balaban J connectivity index is 0.000000136. The first kappa shape index (κ1) is 101. The fraction of sp³-hybridized carbons (Fsp3) is 0.434. The van der Waals surface area contributed by atoms with E-state index in [4.69, 9.17) is 74.3 Å². The van der Waals surface area contributed by atoms with E-state index in [-0.39, 0.29) is 114 Å². The van der Waals surface area contributed by atoms with E-state index in [1.165, 1.54) is 45.8 Å². The van der Waals surface area contributed by atoms with E-state index < -0.39 is 16.7 Å². The van der Waals surface area contributed by atoms with E-state index in [2.05, 4.69) is 154 Å². The van der Waals surface area contributed by atoms with Gasteiger partial charge in [0.15, 0.2) is 0 Å². The van der Waals surface area contributed by atoms with E-state index in [0.29, 0.717) is 87.3 Å². The normalized spacial score (nSPS) is 18.1. The van der Waals surface area contributed by atoms with Gasteiger partial charge in [-0.1, -0.05) is 85.8 Å². The second-order valence-electron chi connectivity index (χ2n) is 41.4. The number of aryl methyl sites for hydroxylation is 1. The second-order valence-corrected chi connectivity index (χ2v) is 43.8. The van der Waals surface area contributed by atoms with Crippen LogP contribution in [0.4, 0.5) is 53.0 Å². The van der Waals surface area contributed by atoms with Crippen molar-refractivity contribution < 1.29 is 58.6 Å². The molecule has 6 aliphatic heterocycles. The molecule has 0 bridgehead atoms. The third kappa shape index (κ3) is 19.2. The first-order chi connectivity index (χ1) is 62.2. The number of nitro groups is 1. The standard InChI is InChI=1S/C19H24ClNO.C18H19ClF3NO.C18H22ClNO2.C17H19ClN2O3.C17H20ClNO2.C17H20ClNOS/c1-5-12-7-6-8-14-16(22)9-15-18(17(12)14)13(10-20)11-21(15)19(2,3)4;1-17(2,3)23-9-10(8-19)15-13(23)7-14(24)11-5-4-6-12(16(11)15)18(20,21)22;1-18(2,3)20-10-11(9-19)16-13(20)8-14(21)12-6-5-7-15(22-4)17(12)16;1-17(2,3)19-9-10(8-18)15-13(19)7-14(21)11-5-4-6-12(16(11)15)20(22)23;1-17(2,3)19-9-10(8-18)15-12(19)7-14(21)11-5-4-6-13(20)16(11)15;1-17(2,3)19-9-10(8-18)15-12(19)7-13(20)11-5-4-6-14(21)16(11)15/h6-9,13,22H,5,10-11H2,1-4H3;4-7,10,24H,8-9H2,1-3H3;5-8,11,21H,9-10H2,1-4H3;4-7,10,21H,8-9H2,1-3H3;2*4-7,10,20-21H,8-9H2,1-3H3/t13-;10-;11-;3*10-/m111111/s1. The van der Waals surface area contributed by atoms with Gasteiger partial charge in [-0.25, -0.2) is 0 Å². The highest BCUT2D eigenvalue weighted by Crippen LogP contribution is 2.58. The Morgan fingerprint density at radius 3 is 0.932 bits per heavy atom. The molecule has 0 unspecified atom stereocenters. The molecular formula is C106H124Cl6F3N7O10S. The van der Waals surface area contributed by atoms with E-state index in [1.54, 1.807) is 49.6 Å². The molecule has 6 heterocycles. The number of thiol groups is 1. The van der Waals surface area contributed by atoms with Crippen LogP contribution in [0.25, 0.3) is 64.6 Å². The van der Waals surface area contributed by atoms with Crippen molar-refractivity contribution in [2.45, 2.75) is 218 Å². The van der Waals surface area contributed by atoms with Gasteiger partial charge in [0.1, 0.15) is 46.0 Å². The number of hydrogen-bond donors (Lipinski definition) is 8. The summed E-state index contributed by atoms with van der Waals surface area (Å²) < 4.78 is 46.2. The van der Waals surface area contributed by atoms with Crippen LogP contribution in [-0.4, -0.2) is 156 Å². The molecule has 6 atom stereocenters. The first-order valence-electron chi connectivity index (χ1n) is 45.1. The maximum absolute atomic E-state index is 13.6. The Kier molecular flexibility index (Phi) is 29.1. The van der Waals surface area contributed by atoms with Crippen LogP contribution in [0.15, 0.2) is 150 Å². The molecule has 12 aromatic carbocycles. The van der Waals surface area contributed by atoms with Crippen molar-refractivity contribution in [3.63, 3.8) is 0 Å². The SMILES string of the molecule is CC(C)(C)N1C[C@@H](CCl)c2c1cc(O)c1cccc(C(F)(F)F)c21.CC(C)(C)N1C[C@@H](CCl)c2c1cc(O)c1cccc(O)c21.CC(C)(C)N1C[C@@H](CCl)c2c1cc(O)c1cccc(S)c21.CC(C)(C)N1C[C@@H](CCl)c2c1cc(O)c1cccc([N+](=O)[O-])c21.CCc1cccc2c(O)cc3c(c12)[C@H](CCl)CN3C(C)(C)C.COc1cccc2c(O)cc3c(c12)[C@H](CCl)CN3C(C)(C)C. The molecule has 18 rings (SSSR count). The van der Waals surface area contributed by atoms with Gasteiger partial charge >= 0.3 is 6.18 Å². The molecule has 27 heteroatoms. The molecule has 0 amide bonds. The summed E-state index contributed by atoms with van der Waals surface area (Å²) in [7, 11) is 1.66. The lowest BCUT2D eigenvalue weighted by atomic mass is 9.91. The summed E-state index contributed by atoms with van der Waals surface area (Å²) in [5, 5.41) is 92.8. The van der Waals surface area contributed by atoms with Crippen molar-refractivity contribution in [3.05, 3.63) is 200 Å². The number of alkyl halides is 9. The van der Waals surface area contributed by atoms with Crippen LogP contribution < -0.4 is 34.1 Å². The lowest BCUT2D eigenvalue weighted by molar-refractivity contribution is -0.383. The molecule has 6 aliphatic rings. The zero-order chi connectivity index (χ0) is 97.7. The molecule has 0 saturated carbocycles. The minimum Gasteiger partial charge on any atom is -0.507 e. The number of non-ortho nitro benzene ring substituents is 1. The van der Waals surface area contributed by atoms with E-state index in [0.717, 1.165) is 121 Å². The number of methoxy groups -OCH3 is 1. The highest BCUT2D eigenvalue weighted by atomic mass is 35.5. The Hall–Kier alpha value is -9.32. The first-order valence-corrected chi connectivity index (χ1v) is 48.8. The number of anilines is 6. The van der Waals surface area contributed by atoms with Gasteiger partial charge in [-0.3, -0.25) is 10.1 Å². The van der Waals surface area contributed by atoms with Crippen LogP contribution >= 0.6 is 82.2 Å². The quantitative estimate of drug-likeness (QED) is 0.0292. The van der Waals surface area contributed by atoms with Crippen molar-refractivity contribution in [1.82, 2.24) is 0 Å². The molecule has 7 N–H and O–H groups in total. The van der Waals surface area contributed by atoms with Gasteiger partial charge in [-0.15, -0.1) is 82.2 Å². The van der Waals surface area contributed by atoms with E-state index in [1.807, 2.05) is 98.5 Å². The Morgan fingerprint density at radius 2 is 0.609 bits per heavy atom. The third-order valence-corrected chi connectivity index (χ3v) is 29.2. The van der Waals surface area contributed by atoms with Crippen LogP contribution in [0, 0.1) is 10.1 Å². The van der Waals surface area contributed by atoms with Gasteiger partial charge in [0.25, 0.3) is 5.69 Å². The summed E-state index contributed by atoms with van der Waals surface area (Å²) in [4.78, 5) is 25.4. The lowest BCUT2D eigenvalue weighted by Gasteiger charge is -2.35. The van der Waals surface area contributed by atoms with Crippen molar-refractivity contribution in [3.8, 4) is 46.0 Å². The second kappa shape index (κ2) is 38.3. The van der Waals surface area contributed by atoms with Gasteiger partial charge in [-0.05, 0) is 200 Å². The monoisotopic (exact) mass is 1950 g/mol. The number of ether oxygens (including phenoxy) is 1. The molecule has 0 fully saturated rings. The van der Waals surface area contributed by atoms with Crippen molar-refractivity contribution in [2.75, 3.05) is 111 Å². The number of nitro benzene ring substituents is 1. The van der Waals surface area contributed by atoms with Gasteiger partial charge in [0.2, 0.25) is 0 Å². The fourth-order valence-corrected chi connectivity index (χ4v) is 22.3. The molecule has 0 radical (unpaired) electrons. The number of phenols is 7.